The Kier molecular flexibility index (Phi) is 7.47. The van der Waals surface area contributed by atoms with E-state index in [4.69, 9.17) is 9.47 Å². The number of rotatable bonds is 8. The highest BCUT2D eigenvalue weighted by Crippen LogP contribution is 2.32. The molecule has 1 amide bonds. The third-order valence-corrected chi connectivity index (χ3v) is 7.40. The van der Waals surface area contributed by atoms with Gasteiger partial charge in [-0.15, -0.1) is 0 Å². The van der Waals surface area contributed by atoms with Crippen LogP contribution in [0.1, 0.15) is 23.1 Å². The van der Waals surface area contributed by atoms with E-state index in [-0.39, 0.29) is 18.2 Å². The van der Waals surface area contributed by atoms with Gasteiger partial charge in [-0.2, -0.15) is 4.98 Å². The molecule has 1 aliphatic heterocycles. The van der Waals surface area contributed by atoms with Crippen LogP contribution < -0.4 is 15.2 Å². The molecular weight excluding hydrogens is 532 g/mol. The third-order valence-electron chi connectivity index (χ3n) is 7.40. The molecule has 1 N–H and O–H groups in total. The zero-order valence-corrected chi connectivity index (χ0v) is 23.1. The van der Waals surface area contributed by atoms with Gasteiger partial charge >= 0.3 is 11.8 Å². The first-order valence-electron chi connectivity index (χ1n) is 13.7. The van der Waals surface area contributed by atoms with Crippen molar-refractivity contribution in [2.75, 3.05) is 13.1 Å². The van der Waals surface area contributed by atoms with Crippen molar-refractivity contribution in [3.05, 3.63) is 124 Å². The fourth-order valence-corrected chi connectivity index (χ4v) is 5.22. The molecule has 42 heavy (non-hydrogen) atoms. The molecular formula is C33H30N4O5. The number of ether oxygens (including phenoxy) is 2. The number of para-hydroxylation sites is 1. The lowest BCUT2D eigenvalue weighted by atomic mass is 9.98. The van der Waals surface area contributed by atoms with Crippen LogP contribution in [0.15, 0.2) is 102 Å². The number of aryl methyl sites for hydroxylation is 1. The lowest BCUT2D eigenvalue weighted by molar-refractivity contribution is 0.150. The molecule has 1 aliphatic rings. The fourth-order valence-electron chi connectivity index (χ4n) is 5.22. The van der Waals surface area contributed by atoms with E-state index >= 15 is 0 Å². The van der Waals surface area contributed by atoms with E-state index < -0.39 is 6.09 Å². The topological polar surface area (TPSA) is 98.8 Å². The van der Waals surface area contributed by atoms with Gasteiger partial charge in [0.15, 0.2) is 0 Å². The van der Waals surface area contributed by atoms with Crippen molar-refractivity contribution in [1.82, 2.24) is 19.0 Å². The summed E-state index contributed by atoms with van der Waals surface area (Å²) in [6, 6.07) is 28.9. The Morgan fingerprint density at radius 1 is 0.881 bits per heavy atom. The number of imidazole rings is 1. The summed E-state index contributed by atoms with van der Waals surface area (Å²) in [5.74, 6) is 0.661. The summed E-state index contributed by atoms with van der Waals surface area (Å²) in [5, 5.41) is 9.35. The number of benzene rings is 3. The predicted octanol–water partition coefficient (Wildman–Crippen LogP) is 5.65. The van der Waals surface area contributed by atoms with E-state index in [0.29, 0.717) is 43.2 Å². The molecule has 9 heteroatoms. The first-order chi connectivity index (χ1) is 20.5. The number of pyridine rings is 1. The van der Waals surface area contributed by atoms with Gasteiger partial charge in [0.2, 0.25) is 11.8 Å². The maximum absolute atomic E-state index is 13.8. The first-order valence-corrected chi connectivity index (χ1v) is 13.7. The molecule has 0 saturated heterocycles. The summed E-state index contributed by atoms with van der Waals surface area (Å²) in [7, 11) is 1.74. The van der Waals surface area contributed by atoms with E-state index in [1.807, 2.05) is 84.9 Å². The first kappa shape index (κ1) is 26.9. The van der Waals surface area contributed by atoms with Crippen LogP contribution in [-0.2, 0) is 20.3 Å². The summed E-state index contributed by atoms with van der Waals surface area (Å²) in [4.78, 5) is 31.3. The molecule has 0 bridgehead atoms. The van der Waals surface area contributed by atoms with Crippen molar-refractivity contribution in [3.63, 3.8) is 0 Å². The van der Waals surface area contributed by atoms with Crippen LogP contribution in [0, 0.1) is 0 Å². The summed E-state index contributed by atoms with van der Waals surface area (Å²) in [5.41, 5.74) is 5.60. The molecule has 0 unspecified atom stereocenters. The molecule has 2 aromatic heterocycles. The Hall–Kier alpha value is -5.31. The lowest BCUT2D eigenvalue weighted by Crippen LogP contribution is -2.33. The monoisotopic (exact) mass is 562 g/mol. The highest BCUT2D eigenvalue weighted by molar-refractivity contribution is 5.91. The summed E-state index contributed by atoms with van der Waals surface area (Å²) in [6.45, 7) is 1.32. The summed E-state index contributed by atoms with van der Waals surface area (Å²) < 4.78 is 15.4. The zero-order valence-electron chi connectivity index (χ0n) is 23.1. The summed E-state index contributed by atoms with van der Waals surface area (Å²) in [6.07, 6.45) is 1.54. The van der Waals surface area contributed by atoms with Gasteiger partial charge in [0.05, 0.1) is 11.0 Å². The van der Waals surface area contributed by atoms with Crippen molar-refractivity contribution >= 4 is 22.7 Å². The van der Waals surface area contributed by atoms with Crippen LogP contribution in [0.2, 0.25) is 0 Å². The van der Waals surface area contributed by atoms with Crippen LogP contribution in [0.25, 0.3) is 22.3 Å². The molecule has 3 aromatic carbocycles. The Morgan fingerprint density at radius 2 is 1.57 bits per heavy atom. The van der Waals surface area contributed by atoms with Gasteiger partial charge in [-0.3, -0.25) is 9.13 Å². The number of aromatic nitrogens is 3. The second kappa shape index (κ2) is 11.7. The lowest BCUT2D eigenvalue weighted by Gasteiger charge is -2.24. The van der Waals surface area contributed by atoms with Crippen LogP contribution in [-0.4, -0.2) is 43.3 Å². The SMILES string of the molecule is Cn1c(=O)n(-c2ccc(OCc3ccccc3)nc2OCc2ccccc2)c2cccc(C3=CCN(C(=O)O)CC3)c21. The maximum atomic E-state index is 13.8. The zero-order chi connectivity index (χ0) is 29.1. The van der Waals surface area contributed by atoms with E-state index in [0.717, 1.165) is 27.8 Å². The van der Waals surface area contributed by atoms with E-state index in [9.17, 15) is 14.7 Å². The number of amides is 1. The predicted molar refractivity (Wildman–Crippen MR) is 160 cm³/mol. The van der Waals surface area contributed by atoms with Crippen molar-refractivity contribution < 1.29 is 19.4 Å². The van der Waals surface area contributed by atoms with Gasteiger partial charge in [-0.05, 0) is 35.3 Å². The minimum Gasteiger partial charge on any atom is -0.473 e. The highest BCUT2D eigenvalue weighted by Gasteiger charge is 2.23. The van der Waals surface area contributed by atoms with Gasteiger partial charge in [-0.1, -0.05) is 78.9 Å². The van der Waals surface area contributed by atoms with E-state index in [2.05, 4.69) is 4.98 Å². The minimum absolute atomic E-state index is 0.245. The molecule has 5 aromatic rings. The molecule has 3 heterocycles. The Bertz CT molecular complexity index is 1830. The molecule has 0 fully saturated rings. The normalized spacial score (nSPS) is 13.2. The minimum atomic E-state index is -0.936. The van der Waals surface area contributed by atoms with Crippen LogP contribution in [0.3, 0.4) is 0 Å². The second-order valence-electron chi connectivity index (χ2n) is 10.1. The Labute approximate surface area is 242 Å². The van der Waals surface area contributed by atoms with Gasteiger partial charge in [-0.25, -0.2) is 9.59 Å². The number of carboxylic acid groups (broad SMARTS) is 1. The average Bonchev–Trinajstić information content (AvgIpc) is 3.29. The standard InChI is InChI=1S/C33H30N4O5/c1-35-30-26(25-17-19-36(20-18-25)33(39)40)13-8-14-27(30)37(32(35)38)28-15-16-29(41-21-23-9-4-2-5-10-23)34-31(28)42-22-24-11-6-3-7-12-24/h2-17H,18-22H2,1H3,(H,39,40). The number of fused-ring (bicyclic) bond motifs is 1. The number of hydrogen-bond acceptors (Lipinski definition) is 5. The van der Waals surface area contributed by atoms with Gasteiger partial charge in [0.1, 0.15) is 18.9 Å². The van der Waals surface area contributed by atoms with Crippen LogP contribution in [0.5, 0.6) is 11.8 Å². The van der Waals surface area contributed by atoms with Gasteiger partial charge in [0.25, 0.3) is 0 Å². The maximum Gasteiger partial charge on any atom is 0.407 e. The van der Waals surface area contributed by atoms with Gasteiger partial charge in [0, 0.05) is 31.8 Å². The molecule has 0 radical (unpaired) electrons. The smallest absolute Gasteiger partial charge is 0.407 e. The van der Waals surface area contributed by atoms with Crippen LogP contribution in [0.4, 0.5) is 4.79 Å². The van der Waals surface area contributed by atoms with Crippen molar-refractivity contribution in [3.8, 4) is 17.4 Å². The quantitative estimate of drug-likeness (QED) is 0.263. The number of carbonyl (C=O) groups is 1. The van der Waals surface area contributed by atoms with Crippen molar-refractivity contribution in [2.24, 2.45) is 7.05 Å². The van der Waals surface area contributed by atoms with E-state index in [1.165, 1.54) is 4.90 Å². The van der Waals surface area contributed by atoms with Crippen LogP contribution >= 0.6 is 0 Å². The molecule has 0 saturated carbocycles. The van der Waals surface area contributed by atoms with Crippen molar-refractivity contribution in [1.29, 1.82) is 0 Å². The second-order valence-corrected chi connectivity index (χ2v) is 10.1. The molecule has 6 rings (SSSR count). The number of nitrogens with zero attached hydrogens (tertiary/aromatic N) is 4. The molecule has 0 aliphatic carbocycles. The molecule has 9 nitrogen and oxygen atoms in total. The summed E-state index contributed by atoms with van der Waals surface area (Å²) >= 11 is 0. The molecule has 0 atom stereocenters. The molecule has 212 valence electrons. The Morgan fingerprint density at radius 3 is 2.21 bits per heavy atom. The number of hydrogen-bond donors (Lipinski definition) is 1. The molecule has 0 spiro atoms. The average molecular weight is 563 g/mol. The van der Waals surface area contributed by atoms with Crippen molar-refractivity contribution in [2.45, 2.75) is 19.6 Å². The third kappa shape index (κ3) is 5.36. The highest BCUT2D eigenvalue weighted by atomic mass is 16.5. The Balaban J connectivity index is 1.41. The van der Waals surface area contributed by atoms with E-state index in [1.54, 1.807) is 28.3 Å². The largest absolute Gasteiger partial charge is 0.473 e. The fraction of sp³-hybridized carbons (Fsp3) is 0.182. The van der Waals surface area contributed by atoms with Gasteiger partial charge < -0.3 is 19.5 Å².